The third kappa shape index (κ3) is 2.39. The molecule has 0 atom stereocenters. The van der Waals surface area contributed by atoms with Crippen molar-refractivity contribution in [1.29, 1.82) is 0 Å². The molecule has 0 aliphatic heterocycles. The molecule has 1 aromatic rings. The van der Waals surface area contributed by atoms with E-state index in [1.165, 1.54) is 12.3 Å². The number of amides is 1. The van der Waals surface area contributed by atoms with Crippen LogP contribution in [0.25, 0.3) is 0 Å². The second kappa shape index (κ2) is 4.34. The van der Waals surface area contributed by atoms with Crippen molar-refractivity contribution in [2.75, 3.05) is 6.54 Å². The van der Waals surface area contributed by atoms with Gasteiger partial charge in [-0.05, 0) is 12.8 Å². The van der Waals surface area contributed by atoms with E-state index in [1.54, 1.807) is 4.90 Å². The molecule has 0 unspecified atom stereocenters. The summed E-state index contributed by atoms with van der Waals surface area (Å²) in [6, 6.07) is 1.65. The van der Waals surface area contributed by atoms with Gasteiger partial charge in [0.15, 0.2) is 0 Å². The molecule has 1 saturated carbocycles. The molecule has 0 saturated heterocycles. The molecule has 0 aromatic carbocycles. The minimum Gasteiger partial charge on any atom is -0.481 e. The second-order valence-corrected chi connectivity index (χ2v) is 3.75. The highest BCUT2D eigenvalue weighted by Crippen LogP contribution is 2.28. The Hall–Kier alpha value is -1.85. The average Bonchev–Trinajstić information content (AvgIpc) is 2.93. The van der Waals surface area contributed by atoms with Crippen LogP contribution in [0.5, 0.6) is 0 Å². The van der Waals surface area contributed by atoms with Crippen molar-refractivity contribution in [1.82, 2.24) is 10.1 Å². The van der Waals surface area contributed by atoms with Gasteiger partial charge >= 0.3 is 5.97 Å². The lowest BCUT2D eigenvalue weighted by molar-refractivity contribution is -0.137. The standard InChI is InChI=1S/C10H12N2O4/c13-9(14)4-6-12(7-1-2-7)10(15)8-3-5-11-16-8/h3,5,7H,1-2,4,6H2,(H,13,14). The zero-order chi connectivity index (χ0) is 11.5. The van der Waals surface area contributed by atoms with Gasteiger partial charge in [-0.2, -0.15) is 0 Å². The maximum absolute atomic E-state index is 11.9. The molecule has 1 aliphatic rings. The maximum Gasteiger partial charge on any atom is 0.305 e. The van der Waals surface area contributed by atoms with E-state index in [9.17, 15) is 9.59 Å². The Morgan fingerprint density at radius 2 is 2.31 bits per heavy atom. The fourth-order valence-electron chi connectivity index (χ4n) is 1.52. The summed E-state index contributed by atoms with van der Waals surface area (Å²) < 4.78 is 4.77. The Kier molecular flexibility index (Phi) is 2.89. The molecule has 1 aliphatic carbocycles. The summed E-state index contributed by atoms with van der Waals surface area (Å²) >= 11 is 0. The number of hydrogen-bond acceptors (Lipinski definition) is 4. The molecular formula is C10H12N2O4. The largest absolute Gasteiger partial charge is 0.481 e. The Balaban J connectivity index is 2.01. The first-order chi connectivity index (χ1) is 7.68. The number of carbonyl (C=O) groups is 2. The van der Waals surface area contributed by atoms with Crippen molar-refractivity contribution in [2.24, 2.45) is 0 Å². The Labute approximate surface area is 91.8 Å². The lowest BCUT2D eigenvalue weighted by Gasteiger charge is -2.19. The fourth-order valence-corrected chi connectivity index (χ4v) is 1.52. The minimum absolute atomic E-state index is 0.0453. The number of carboxylic acids is 1. The number of aliphatic carboxylic acids is 1. The normalized spacial score (nSPS) is 14.8. The topological polar surface area (TPSA) is 83.6 Å². The second-order valence-electron chi connectivity index (χ2n) is 3.75. The van der Waals surface area contributed by atoms with Gasteiger partial charge in [0.1, 0.15) is 0 Å². The van der Waals surface area contributed by atoms with Crippen LogP contribution in [0.4, 0.5) is 0 Å². The van der Waals surface area contributed by atoms with Crippen LogP contribution in [0.2, 0.25) is 0 Å². The van der Waals surface area contributed by atoms with Crippen molar-refractivity contribution < 1.29 is 19.2 Å². The zero-order valence-corrected chi connectivity index (χ0v) is 8.63. The van der Waals surface area contributed by atoms with Crippen molar-refractivity contribution in [3.63, 3.8) is 0 Å². The van der Waals surface area contributed by atoms with Crippen LogP contribution < -0.4 is 0 Å². The molecule has 0 radical (unpaired) electrons. The number of carbonyl (C=O) groups excluding carboxylic acids is 1. The van der Waals surface area contributed by atoms with E-state index in [-0.39, 0.29) is 30.7 Å². The van der Waals surface area contributed by atoms with Gasteiger partial charge in [0, 0.05) is 18.7 Å². The molecule has 16 heavy (non-hydrogen) atoms. The summed E-state index contributed by atoms with van der Waals surface area (Å²) in [6.07, 6.45) is 3.21. The Morgan fingerprint density at radius 3 is 2.81 bits per heavy atom. The van der Waals surface area contributed by atoms with Crippen LogP contribution in [-0.4, -0.2) is 39.6 Å². The number of hydrogen-bond donors (Lipinski definition) is 1. The third-order valence-corrected chi connectivity index (χ3v) is 2.46. The lowest BCUT2D eigenvalue weighted by atomic mass is 10.3. The number of nitrogens with zero attached hydrogens (tertiary/aromatic N) is 2. The molecule has 6 nitrogen and oxygen atoms in total. The van der Waals surface area contributed by atoms with Crippen LogP contribution in [0, 0.1) is 0 Å². The summed E-state index contributed by atoms with van der Waals surface area (Å²) in [4.78, 5) is 23.9. The van der Waals surface area contributed by atoms with Crippen molar-refractivity contribution >= 4 is 11.9 Å². The molecule has 1 heterocycles. The third-order valence-electron chi connectivity index (χ3n) is 2.46. The SMILES string of the molecule is O=C(O)CCN(C(=O)c1ccno1)C1CC1. The van der Waals surface area contributed by atoms with Gasteiger partial charge in [0.05, 0.1) is 12.6 Å². The molecule has 0 bridgehead atoms. The van der Waals surface area contributed by atoms with E-state index in [0.717, 1.165) is 12.8 Å². The van der Waals surface area contributed by atoms with Gasteiger partial charge in [-0.3, -0.25) is 9.59 Å². The predicted molar refractivity (Wildman–Crippen MR) is 52.8 cm³/mol. The molecule has 1 fully saturated rings. The van der Waals surface area contributed by atoms with Gasteiger partial charge in [-0.25, -0.2) is 0 Å². The zero-order valence-electron chi connectivity index (χ0n) is 8.63. The quantitative estimate of drug-likeness (QED) is 0.798. The molecule has 6 heteroatoms. The summed E-state index contributed by atoms with van der Waals surface area (Å²) in [5, 5.41) is 12.1. The van der Waals surface area contributed by atoms with Crippen LogP contribution in [0.15, 0.2) is 16.8 Å². The molecule has 1 aromatic heterocycles. The van der Waals surface area contributed by atoms with E-state index in [0.29, 0.717) is 0 Å². The van der Waals surface area contributed by atoms with Crippen molar-refractivity contribution in [3.05, 3.63) is 18.0 Å². The molecule has 1 amide bonds. The highest BCUT2D eigenvalue weighted by Gasteiger charge is 2.34. The number of rotatable bonds is 5. The van der Waals surface area contributed by atoms with Crippen LogP contribution in [0.1, 0.15) is 29.8 Å². The molecule has 2 rings (SSSR count). The predicted octanol–water partition coefficient (Wildman–Crippen LogP) is 0.754. The van der Waals surface area contributed by atoms with Gasteiger partial charge < -0.3 is 14.5 Å². The first-order valence-corrected chi connectivity index (χ1v) is 5.12. The average molecular weight is 224 g/mol. The van der Waals surface area contributed by atoms with E-state index < -0.39 is 5.97 Å². The number of aromatic nitrogens is 1. The summed E-state index contributed by atoms with van der Waals surface area (Å²) in [7, 11) is 0. The van der Waals surface area contributed by atoms with E-state index in [4.69, 9.17) is 9.63 Å². The molecular weight excluding hydrogens is 212 g/mol. The molecule has 1 N–H and O–H groups in total. The van der Waals surface area contributed by atoms with E-state index in [1.807, 2.05) is 0 Å². The smallest absolute Gasteiger partial charge is 0.305 e. The fraction of sp³-hybridized carbons (Fsp3) is 0.500. The summed E-state index contributed by atoms with van der Waals surface area (Å²) in [5.41, 5.74) is 0. The minimum atomic E-state index is -0.906. The molecule has 0 spiro atoms. The highest BCUT2D eigenvalue weighted by molar-refractivity contribution is 5.91. The Bertz CT molecular complexity index is 384. The Morgan fingerprint density at radius 1 is 1.56 bits per heavy atom. The monoisotopic (exact) mass is 224 g/mol. The molecule has 86 valence electrons. The van der Waals surface area contributed by atoms with E-state index in [2.05, 4.69) is 5.16 Å². The highest BCUT2D eigenvalue weighted by atomic mass is 16.5. The first kappa shape index (κ1) is 10.7. The summed E-state index contributed by atoms with van der Waals surface area (Å²) in [6.45, 7) is 0.222. The van der Waals surface area contributed by atoms with E-state index >= 15 is 0 Å². The maximum atomic E-state index is 11.9. The van der Waals surface area contributed by atoms with Gasteiger partial charge in [-0.1, -0.05) is 5.16 Å². The number of carboxylic acid groups (broad SMARTS) is 1. The van der Waals surface area contributed by atoms with Gasteiger partial charge in [-0.15, -0.1) is 0 Å². The van der Waals surface area contributed by atoms with Crippen LogP contribution >= 0.6 is 0 Å². The van der Waals surface area contributed by atoms with Gasteiger partial charge in [0.25, 0.3) is 5.91 Å². The first-order valence-electron chi connectivity index (χ1n) is 5.12. The van der Waals surface area contributed by atoms with Crippen LogP contribution in [-0.2, 0) is 4.79 Å². The van der Waals surface area contributed by atoms with Gasteiger partial charge in [0.2, 0.25) is 5.76 Å². The van der Waals surface area contributed by atoms with Crippen LogP contribution in [0.3, 0.4) is 0 Å². The summed E-state index contributed by atoms with van der Waals surface area (Å²) in [5.74, 6) is -1.02. The lowest BCUT2D eigenvalue weighted by Crippen LogP contribution is -2.34. The van der Waals surface area contributed by atoms with Crippen molar-refractivity contribution in [3.8, 4) is 0 Å². The van der Waals surface area contributed by atoms with Crippen molar-refractivity contribution in [2.45, 2.75) is 25.3 Å².